The highest BCUT2D eigenvalue weighted by molar-refractivity contribution is 6.30. The molecule has 228 valence electrons. The van der Waals surface area contributed by atoms with E-state index in [9.17, 15) is 24.5 Å². The third kappa shape index (κ3) is 10.5. The SMILES string of the molecule is C=C(C)C(=O)OCCOC(=O)c1cc(/N=N/c2ccc(N(C)CCOC(=O)/C=C/c3ccc(Cl)cc3)cc2)ccc1[N+](=O)[O-]. The maximum Gasteiger partial charge on any atom is 0.345 e. The Bertz CT molecular complexity index is 1570. The number of halogens is 1. The molecular formula is C31H29ClN4O8. The van der Waals surface area contributed by atoms with Crippen LogP contribution in [0.1, 0.15) is 22.8 Å². The minimum absolute atomic E-state index is 0.173. The monoisotopic (exact) mass is 620 g/mol. The molecule has 0 amide bonds. The van der Waals surface area contributed by atoms with Gasteiger partial charge in [-0.2, -0.15) is 10.2 Å². The molecular weight excluding hydrogens is 592 g/mol. The van der Waals surface area contributed by atoms with Gasteiger partial charge in [0.2, 0.25) is 0 Å². The Balaban J connectivity index is 1.53. The maximum absolute atomic E-state index is 12.5. The lowest BCUT2D eigenvalue weighted by atomic mass is 10.1. The van der Waals surface area contributed by atoms with Crippen LogP contribution in [0.4, 0.5) is 22.7 Å². The Morgan fingerprint density at radius 2 is 1.57 bits per heavy atom. The molecule has 0 bridgehead atoms. The Morgan fingerprint density at radius 1 is 0.932 bits per heavy atom. The van der Waals surface area contributed by atoms with E-state index in [-0.39, 0.29) is 36.6 Å². The van der Waals surface area contributed by atoms with Crippen LogP contribution in [0, 0.1) is 10.1 Å². The zero-order valence-electron chi connectivity index (χ0n) is 24.0. The number of nitro benzene ring substituents is 1. The number of hydrogen-bond acceptors (Lipinski definition) is 11. The van der Waals surface area contributed by atoms with Crippen molar-refractivity contribution >= 4 is 58.3 Å². The molecule has 0 N–H and O–H groups in total. The molecule has 13 heteroatoms. The van der Waals surface area contributed by atoms with Crippen LogP contribution < -0.4 is 4.90 Å². The summed E-state index contributed by atoms with van der Waals surface area (Å²) in [4.78, 5) is 48.5. The minimum Gasteiger partial charge on any atom is -0.461 e. The Kier molecular flexibility index (Phi) is 12.3. The molecule has 3 rings (SSSR count). The lowest BCUT2D eigenvalue weighted by Crippen LogP contribution is -2.23. The summed E-state index contributed by atoms with van der Waals surface area (Å²) in [5.74, 6) is -2.08. The van der Waals surface area contributed by atoms with Gasteiger partial charge in [0, 0.05) is 35.5 Å². The molecule has 3 aromatic rings. The average molecular weight is 621 g/mol. The standard InChI is InChI=1S/C31H29ClN4O8/c1-21(2)30(38)43-18-19-44-31(39)27-20-25(11-14-28(27)36(40)41)34-33-24-9-12-26(13-10-24)35(3)16-17-42-29(37)15-6-22-4-7-23(32)8-5-22/h4-15,20H,1,16-19H2,2-3H3/b15-6+,34-33+. The fraction of sp³-hybridized carbons (Fsp3) is 0.194. The van der Waals surface area contributed by atoms with Crippen molar-refractivity contribution in [1.82, 2.24) is 0 Å². The van der Waals surface area contributed by atoms with Crippen LogP contribution >= 0.6 is 11.6 Å². The molecule has 3 aromatic carbocycles. The molecule has 0 fully saturated rings. The summed E-state index contributed by atoms with van der Waals surface area (Å²) in [5, 5.41) is 20.2. The topological polar surface area (TPSA) is 150 Å². The van der Waals surface area contributed by atoms with Crippen LogP contribution in [0.3, 0.4) is 0 Å². The minimum atomic E-state index is -0.976. The summed E-state index contributed by atoms with van der Waals surface area (Å²) in [6.07, 6.45) is 3.00. The smallest absolute Gasteiger partial charge is 0.345 e. The van der Waals surface area contributed by atoms with E-state index in [2.05, 4.69) is 16.8 Å². The Labute approximate surface area is 258 Å². The van der Waals surface area contributed by atoms with Gasteiger partial charge in [-0.15, -0.1) is 0 Å². The van der Waals surface area contributed by atoms with Gasteiger partial charge < -0.3 is 19.1 Å². The highest BCUT2D eigenvalue weighted by atomic mass is 35.5. The van der Waals surface area contributed by atoms with E-state index in [1.165, 1.54) is 25.1 Å². The third-order valence-corrected chi connectivity index (χ3v) is 6.07. The normalized spacial score (nSPS) is 10.9. The molecule has 12 nitrogen and oxygen atoms in total. The van der Waals surface area contributed by atoms with Crippen molar-refractivity contribution in [3.8, 4) is 0 Å². The van der Waals surface area contributed by atoms with Crippen LogP contribution in [0.15, 0.2) is 95.2 Å². The van der Waals surface area contributed by atoms with Crippen molar-refractivity contribution < 1.29 is 33.5 Å². The van der Waals surface area contributed by atoms with E-state index >= 15 is 0 Å². The first-order chi connectivity index (χ1) is 21.0. The number of nitrogens with zero attached hydrogens (tertiary/aromatic N) is 4. The predicted octanol–water partition coefficient (Wildman–Crippen LogP) is 6.63. The van der Waals surface area contributed by atoms with E-state index in [1.54, 1.807) is 54.6 Å². The lowest BCUT2D eigenvalue weighted by Gasteiger charge is -2.18. The number of benzene rings is 3. The van der Waals surface area contributed by atoms with Gasteiger partial charge in [-0.1, -0.05) is 30.3 Å². The number of carbonyl (C=O) groups excluding carboxylic acids is 3. The molecule has 0 saturated heterocycles. The van der Waals surface area contributed by atoms with E-state index < -0.39 is 28.5 Å². The van der Waals surface area contributed by atoms with Crippen molar-refractivity contribution in [2.24, 2.45) is 10.2 Å². The van der Waals surface area contributed by atoms with Crippen LogP contribution in [-0.4, -0.2) is 56.2 Å². The number of hydrogen-bond donors (Lipinski definition) is 0. The molecule has 44 heavy (non-hydrogen) atoms. The third-order valence-electron chi connectivity index (χ3n) is 5.82. The van der Waals surface area contributed by atoms with Crippen molar-refractivity contribution in [2.75, 3.05) is 38.3 Å². The van der Waals surface area contributed by atoms with Crippen LogP contribution in [-0.2, 0) is 23.8 Å². The summed E-state index contributed by atoms with van der Waals surface area (Å²) in [7, 11) is 1.84. The second-order valence-corrected chi connectivity index (χ2v) is 9.64. The molecule has 0 aromatic heterocycles. The zero-order valence-corrected chi connectivity index (χ0v) is 24.7. The van der Waals surface area contributed by atoms with Crippen molar-refractivity contribution in [1.29, 1.82) is 0 Å². The molecule has 0 aliphatic heterocycles. The van der Waals surface area contributed by atoms with E-state index in [4.69, 9.17) is 25.8 Å². The highest BCUT2D eigenvalue weighted by Gasteiger charge is 2.22. The molecule has 0 spiro atoms. The van der Waals surface area contributed by atoms with Gasteiger partial charge in [0.05, 0.1) is 22.8 Å². The quantitative estimate of drug-likeness (QED) is 0.0368. The lowest BCUT2D eigenvalue weighted by molar-refractivity contribution is -0.385. The molecule has 0 unspecified atom stereocenters. The van der Waals surface area contributed by atoms with Gasteiger partial charge in [0.25, 0.3) is 5.69 Å². The molecule has 0 aliphatic carbocycles. The van der Waals surface area contributed by atoms with Crippen molar-refractivity contribution in [3.63, 3.8) is 0 Å². The van der Waals surface area contributed by atoms with Crippen LogP contribution in [0.25, 0.3) is 6.08 Å². The van der Waals surface area contributed by atoms with Gasteiger partial charge in [0.15, 0.2) is 0 Å². The summed E-state index contributed by atoms with van der Waals surface area (Å²) < 4.78 is 15.1. The van der Waals surface area contributed by atoms with E-state index in [1.807, 2.05) is 11.9 Å². The van der Waals surface area contributed by atoms with Gasteiger partial charge in [-0.25, -0.2) is 14.4 Å². The summed E-state index contributed by atoms with van der Waals surface area (Å²) in [5.41, 5.74) is 1.73. The number of nitro groups is 1. The average Bonchev–Trinajstić information content (AvgIpc) is 3.01. The molecule has 0 saturated carbocycles. The van der Waals surface area contributed by atoms with Crippen LogP contribution in [0.2, 0.25) is 5.02 Å². The fourth-order valence-corrected chi connectivity index (χ4v) is 3.59. The second-order valence-electron chi connectivity index (χ2n) is 9.20. The largest absolute Gasteiger partial charge is 0.461 e. The van der Waals surface area contributed by atoms with Gasteiger partial charge in [0.1, 0.15) is 25.4 Å². The first kappa shape index (κ1) is 33.1. The predicted molar refractivity (Wildman–Crippen MR) is 164 cm³/mol. The molecule has 0 radical (unpaired) electrons. The summed E-state index contributed by atoms with van der Waals surface area (Å²) in [6, 6.07) is 17.7. The number of anilines is 1. The maximum atomic E-state index is 12.5. The van der Waals surface area contributed by atoms with Gasteiger partial charge in [-0.3, -0.25) is 10.1 Å². The Morgan fingerprint density at radius 3 is 2.23 bits per heavy atom. The van der Waals surface area contributed by atoms with E-state index in [0.29, 0.717) is 17.3 Å². The molecule has 0 aliphatic rings. The number of rotatable bonds is 14. The zero-order chi connectivity index (χ0) is 32.1. The van der Waals surface area contributed by atoms with E-state index in [0.717, 1.165) is 17.3 Å². The number of carbonyl (C=O) groups is 3. The first-order valence-corrected chi connectivity index (χ1v) is 13.5. The summed E-state index contributed by atoms with van der Waals surface area (Å²) in [6.45, 7) is 4.99. The fourth-order valence-electron chi connectivity index (χ4n) is 3.47. The highest BCUT2D eigenvalue weighted by Crippen LogP contribution is 2.27. The number of likely N-dealkylation sites (N-methyl/N-ethyl adjacent to an activating group) is 1. The number of azo groups is 1. The molecule has 0 heterocycles. The molecule has 0 atom stereocenters. The summed E-state index contributed by atoms with van der Waals surface area (Å²) >= 11 is 5.85. The van der Waals surface area contributed by atoms with Crippen molar-refractivity contribution in [2.45, 2.75) is 6.92 Å². The van der Waals surface area contributed by atoms with Gasteiger partial charge >= 0.3 is 17.9 Å². The first-order valence-electron chi connectivity index (χ1n) is 13.1. The number of ether oxygens (including phenoxy) is 3. The van der Waals surface area contributed by atoms with Gasteiger partial charge in [-0.05, 0) is 67.1 Å². The number of esters is 3. The second kappa shape index (κ2) is 16.3. The Hall–Kier alpha value is -5.36. The van der Waals surface area contributed by atoms with Crippen molar-refractivity contribution in [3.05, 3.63) is 111 Å². The van der Waals surface area contributed by atoms with Crippen LogP contribution in [0.5, 0.6) is 0 Å².